The highest BCUT2D eigenvalue weighted by molar-refractivity contribution is 5.96. The van der Waals surface area contributed by atoms with E-state index in [-0.39, 0.29) is 17.7 Å². The van der Waals surface area contributed by atoms with E-state index >= 15 is 0 Å². The van der Waals surface area contributed by atoms with Gasteiger partial charge in [-0.05, 0) is 80.3 Å². The number of nitrogens with one attached hydrogen (secondary N) is 1. The maximum atomic E-state index is 13.1. The molecule has 1 aromatic carbocycles. The SMILES string of the molecule is CC(C)=C1[C@H]2CC[C@@H]1[C@@H](C(=O)O)[C@@H]2C(=O)Nc1ccc(Cc2ccncc2)cc1. The van der Waals surface area contributed by atoms with Crippen molar-refractivity contribution in [2.24, 2.45) is 23.7 Å². The van der Waals surface area contributed by atoms with Crippen LogP contribution >= 0.6 is 0 Å². The second kappa shape index (κ2) is 7.82. The van der Waals surface area contributed by atoms with Gasteiger partial charge in [-0.2, -0.15) is 0 Å². The molecule has 2 bridgehead atoms. The number of carboxylic acids is 1. The Morgan fingerprint density at radius 3 is 2.14 bits per heavy atom. The number of carbonyl (C=O) groups excluding carboxylic acids is 1. The van der Waals surface area contributed by atoms with Crippen molar-refractivity contribution in [2.45, 2.75) is 33.1 Å². The number of hydrogen-bond acceptors (Lipinski definition) is 3. The molecule has 150 valence electrons. The van der Waals surface area contributed by atoms with Crippen molar-refractivity contribution in [1.29, 1.82) is 0 Å². The van der Waals surface area contributed by atoms with Crippen LogP contribution in [0.4, 0.5) is 5.69 Å². The average Bonchev–Trinajstić information content (AvgIpc) is 3.27. The van der Waals surface area contributed by atoms with Gasteiger partial charge in [0.05, 0.1) is 11.8 Å². The number of amides is 1. The highest BCUT2D eigenvalue weighted by Crippen LogP contribution is 2.57. The monoisotopic (exact) mass is 390 g/mol. The lowest BCUT2D eigenvalue weighted by Gasteiger charge is -2.26. The lowest BCUT2D eigenvalue weighted by Crippen LogP contribution is -2.37. The summed E-state index contributed by atoms with van der Waals surface area (Å²) in [5, 5.41) is 12.8. The molecule has 1 heterocycles. The first-order valence-electron chi connectivity index (χ1n) is 10.1. The predicted molar refractivity (Wildman–Crippen MR) is 111 cm³/mol. The third-order valence-corrected chi connectivity index (χ3v) is 6.39. The fourth-order valence-electron chi connectivity index (χ4n) is 5.27. The molecule has 2 aliphatic carbocycles. The van der Waals surface area contributed by atoms with Gasteiger partial charge in [-0.1, -0.05) is 23.3 Å². The van der Waals surface area contributed by atoms with E-state index in [1.54, 1.807) is 12.4 Å². The molecule has 2 aliphatic rings. The summed E-state index contributed by atoms with van der Waals surface area (Å²) in [4.78, 5) is 29.0. The molecule has 2 saturated carbocycles. The molecule has 2 aromatic rings. The summed E-state index contributed by atoms with van der Waals surface area (Å²) in [5.74, 6) is -2.09. The van der Waals surface area contributed by atoms with Gasteiger partial charge in [0.25, 0.3) is 0 Å². The Labute approximate surface area is 170 Å². The predicted octanol–water partition coefficient (Wildman–Crippen LogP) is 4.30. The van der Waals surface area contributed by atoms with Gasteiger partial charge in [-0.15, -0.1) is 0 Å². The van der Waals surface area contributed by atoms with Gasteiger partial charge in [0.1, 0.15) is 0 Å². The summed E-state index contributed by atoms with van der Waals surface area (Å²) in [6.45, 7) is 4.06. The van der Waals surface area contributed by atoms with Crippen LogP contribution in [-0.2, 0) is 16.0 Å². The molecule has 5 heteroatoms. The lowest BCUT2D eigenvalue weighted by molar-refractivity contribution is -0.148. The Morgan fingerprint density at radius 1 is 0.966 bits per heavy atom. The minimum Gasteiger partial charge on any atom is -0.481 e. The molecule has 5 nitrogen and oxygen atoms in total. The number of allylic oxidation sites excluding steroid dienone is 2. The van der Waals surface area contributed by atoms with E-state index in [2.05, 4.69) is 10.3 Å². The Morgan fingerprint density at radius 2 is 1.55 bits per heavy atom. The zero-order valence-electron chi connectivity index (χ0n) is 16.8. The summed E-state index contributed by atoms with van der Waals surface area (Å²) in [5.41, 5.74) is 5.39. The summed E-state index contributed by atoms with van der Waals surface area (Å²) in [7, 11) is 0. The van der Waals surface area contributed by atoms with Crippen LogP contribution in [0.2, 0.25) is 0 Å². The van der Waals surface area contributed by atoms with Gasteiger partial charge in [0, 0.05) is 18.1 Å². The molecule has 4 atom stereocenters. The standard InChI is InChI=1S/C24H26N2O3/c1-14(2)20-18-7-8-19(20)22(24(28)29)21(18)23(27)26-17-5-3-15(4-6-17)13-16-9-11-25-12-10-16/h3-6,9-12,18-19,21-22H,7-8,13H2,1-2H3,(H,26,27)(H,28,29)/t18-,19+,21-,22-/m1/s1. The van der Waals surface area contributed by atoms with Crippen molar-refractivity contribution in [3.05, 3.63) is 71.1 Å². The number of anilines is 1. The quantitative estimate of drug-likeness (QED) is 0.746. The zero-order valence-corrected chi connectivity index (χ0v) is 16.8. The molecule has 0 aliphatic heterocycles. The first-order valence-corrected chi connectivity index (χ1v) is 10.1. The summed E-state index contributed by atoms with van der Waals surface area (Å²) < 4.78 is 0. The number of benzene rings is 1. The molecule has 2 N–H and O–H groups in total. The number of rotatable bonds is 5. The minimum absolute atomic E-state index is 0.000915. The average molecular weight is 390 g/mol. The third-order valence-electron chi connectivity index (χ3n) is 6.39. The number of aromatic nitrogens is 1. The third kappa shape index (κ3) is 3.69. The van der Waals surface area contributed by atoms with Crippen molar-refractivity contribution < 1.29 is 14.7 Å². The Kier molecular flexibility index (Phi) is 5.22. The fraction of sp³-hybridized carbons (Fsp3) is 0.375. The van der Waals surface area contributed by atoms with Crippen LogP contribution in [0.5, 0.6) is 0 Å². The van der Waals surface area contributed by atoms with E-state index < -0.39 is 17.8 Å². The van der Waals surface area contributed by atoms with E-state index in [0.717, 1.165) is 24.8 Å². The Hall–Kier alpha value is -2.95. The topological polar surface area (TPSA) is 79.3 Å². The number of carbonyl (C=O) groups is 2. The second-order valence-electron chi connectivity index (χ2n) is 8.35. The first-order chi connectivity index (χ1) is 14.0. The van der Waals surface area contributed by atoms with Crippen molar-refractivity contribution in [2.75, 3.05) is 5.32 Å². The van der Waals surface area contributed by atoms with E-state index in [1.807, 2.05) is 50.2 Å². The van der Waals surface area contributed by atoms with Gasteiger partial charge in [-0.3, -0.25) is 14.6 Å². The van der Waals surface area contributed by atoms with Crippen LogP contribution in [0.3, 0.4) is 0 Å². The molecule has 1 aromatic heterocycles. The van der Waals surface area contributed by atoms with Crippen LogP contribution in [0.1, 0.15) is 37.8 Å². The first kappa shape index (κ1) is 19.4. The van der Waals surface area contributed by atoms with Gasteiger partial charge < -0.3 is 10.4 Å². The highest BCUT2D eigenvalue weighted by atomic mass is 16.4. The molecule has 4 rings (SSSR count). The molecular weight excluding hydrogens is 364 g/mol. The normalized spacial score (nSPS) is 25.1. The van der Waals surface area contributed by atoms with Crippen molar-refractivity contribution in [3.8, 4) is 0 Å². The van der Waals surface area contributed by atoms with Crippen LogP contribution in [-0.4, -0.2) is 22.0 Å². The van der Waals surface area contributed by atoms with E-state index in [9.17, 15) is 14.7 Å². The molecule has 0 saturated heterocycles. The van der Waals surface area contributed by atoms with E-state index in [0.29, 0.717) is 5.69 Å². The number of aliphatic carboxylic acids is 1. The molecule has 0 spiro atoms. The zero-order chi connectivity index (χ0) is 20.5. The molecule has 29 heavy (non-hydrogen) atoms. The number of hydrogen-bond donors (Lipinski definition) is 2. The summed E-state index contributed by atoms with van der Waals surface area (Å²) >= 11 is 0. The summed E-state index contributed by atoms with van der Waals surface area (Å²) in [6.07, 6.45) is 6.12. The van der Waals surface area contributed by atoms with Gasteiger partial charge in [0.2, 0.25) is 5.91 Å². The summed E-state index contributed by atoms with van der Waals surface area (Å²) in [6, 6.07) is 11.7. The largest absolute Gasteiger partial charge is 0.481 e. The van der Waals surface area contributed by atoms with Gasteiger partial charge >= 0.3 is 5.97 Å². The van der Waals surface area contributed by atoms with Gasteiger partial charge in [0.15, 0.2) is 0 Å². The van der Waals surface area contributed by atoms with Crippen LogP contribution in [0.25, 0.3) is 0 Å². The van der Waals surface area contributed by atoms with Crippen LogP contribution < -0.4 is 5.32 Å². The highest BCUT2D eigenvalue weighted by Gasteiger charge is 2.57. The molecule has 2 fully saturated rings. The van der Waals surface area contributed by atoms with Crippen molar-refractivity contribution in [3.63, 3.8) is 0 Å². The molecular formula is C24H26N2O3. The Bertz CT molecular complexity index is 946. The van der Waals surface area contributed by atoms with Crippen LogP contribution in [0, 0.1) is 23.7 Å². The Balaban J connectivity index is 1.49. The fourth-order valence-corrected chi connectivity index (χ4v) is 5.27. The maximum Gasteiger partial charge on any atom is 0.307 e. The number of pyridine rings is 1. The smallest absolute Gasteiger partial charge is 0.307 e. The lowest BCUT2D eigenvalue weighted by atomic mass is 9.78. The van der Waals surface area contributed by atoms with Crippen LogP contribution in [0.15, 0.2) is 59.9 Å². The minimum atomic E-state index is -0.858. The molecule has 0 unspecified atom stereocenters. The molecule has 1 amide bonds. The number of fused-ring (bicyclic) bond motifs is 2. The number of nitrogens with zero attached hydrogens (tertiary/aromatic N) is 1. The van der Waals surface area contributed by atoms with Gasteiger partial charge in [-0.25, -0.2) is 0 Å². The molecule has 0 radical (unpaired) electrons. The maximum absolute atomic E-state index is 13.1. The van der Waals surface area contributed by atoms with E-state index in [4.69, 9.17) is 0 Å². The van der Waals surface area contributed by atoms with Crippen molar-refractivity contribution in [1.82, 2.24) is 4.98 Å². The second-order valence-corrected chi connectivity index (χ2v) is 8.35. The van der Waals surface area contributed by atoms with Crippen molar-refractivity contribution >= 4 is 17.6 Å². The number of carboxylic acid groups (broad SMARTS) is 1. The van der Waals surface area contributed by atoms with E-state index in [1.165, 1.54) is 16.7 Å².